The first kappa shape index (κ1) is 16.9. The van der Waals surface area contributed by atoms with E-state index < -0.39 is 0 Å². The fraction of sp³-hybridized carbons (Fsp3) is 0.227. The van der Waals surface area contributed by atoms with Gasteiger partial charge in [0.05, 0.1) is 12.0 Å². The van der Waals surface area contributed by atoms with Gasteiger partial charge in [-0.3, -0.25) is 4.79 Å². The van der Waals surface area contributed by atoms with Crippen LogP contribution in [0.15, 0.2) is 54.6 Å². The van der Waals surface area contributed by atoms with Gasteiger partial charge in [0, 0.05) is 18.0 Å². The van der Waals surface area contributed by atoms with Crippen LogP contribution in [0.25, 0.3) is 11.1 Å². The van der Waals surface area contributed by atoms with Crippen molar-refractivity contribution >= 4 is 17.2 Å². The minimum absolute atomic E-state index is 0.132. The number of hydrogen-bond acceptors (Lipinski definition) is 3. The molecule has 0 N–H and O–H groups in total. The molecule has 0 radical (unpaired) electrons. The molecule has 0 fully saturated rings. The maximum absolute atomic E-state index is 13.0. The molecule has 0 saturated heterocycles. The van der Waals surface area contributed by atoms with Crippen molar-refractivity contribution in [1.29, 1.82) is 0 Å². The van der Waals surface area contributed by atoms with Crippen LogP contribution < -0.4 is 4.74 Å². The van der Waals surface area contributed by atoms with Crippen LogP contribution in [0.2, 0.25) is 0 Å². The van der Waals surface area contributed by atoms with Gasteiger partial charge in [-0.05, 0) is 53.8 Å². The summed E-state index contributed by atoms with van der Waals surface area (Å²) >= 11 is 1.58. The first-order valence-corrected chi connectivity index (χ1v) is 9.58. The zero-order chi connectivity index (χ0) is 18.1. The summed E-state index contributed by atoms with van der Waals surface area (Å²) in [6, 6.07) is 18.4. The molecule has 0 spiro atoms. The second-order valence-electron chi connectivity index (χ2n) is 6.55. The number of fused-ring (bicyclic) bond motifs is 1. The summed E-state index contributed by atoms with van der Waals surface area (Å²) in [6.45, 7) is 3.56. The molecule has 0 saturated carbocycles. The normalized spacial score (nSPS) is 13.4. The zero-order valence-corrected chi connectivity index (χ0v) is 15.8. The number of nitrogens with zero attached hydrogens (tertiary/aromatic N) is 1. The Bertz CT molecular complexity index is 943. The van der Waals surface area contributed by atoms with Gasteiger partial charge in [-0.2, -0.15) is 0 Å². The van der Waals surface area contributed by atoms with Crippen LogP contribution >= 0.6 is 11.3 Å². The van der Waals surface area contributed by atoms with E-state index in [0.717, 1.165) is 39.6 Å². The van der Waals surface area contributed by atoms with Crippen LogP contribution in [0.4, 0.5) is 0 Å². The van der Waals surface area contributed by atoms with Gasteiger partial charge >= 0.3 is 0 Å². The lowest BCUT2D eigenvalue weighted by molar-refractivity contribution is 0.0739. The molecule has 3 aromatic rings. The van der Waals surface area contributed by atoms with Crippen molar-refractivity contribution in [1.82, 2.24) is 4.90 Å². The molecule has 1 aliphatic rings. The highest BCUT2D eigenvalue weighted by molar-refractivity contribution is 7.14. The molecule has 1 amide bonds. The molecule has 2 aromatic carbocycles. The van der Waals surface area contributed by atoms with Crippen LogP contribution in [0.5, 0.6) is 5.75 Å². The van der Waals surface area contributed by atoms with Crippen molar-refractivity contribution < 1.29 is 9.53 Å². The lowest BCUT2D eigenvalue weighted by Gasteiger charge is -2.28. The van der Waals surface area contributed by atoms with Crippen molar-refractivity contribution in [3.8, 4) is 16.9 Å². The number of benzene rings is 2. The topological polar surface area (TPSA) is 29.5 Å². The smallest absolute Gasteiger partial charge is 0.264 e. The molecule has 4 rings (SSSR count). The van der Waals surface area contributed by atoms with E-state index in [0.29, 0.717) is 6.54 Å². The van der Waals surface area contributed by atoms with E-state index >= 15 is 0 Å². The SMILES string of the molecule is COc1ccc(-c2cc(C(=O)N3CCc4ccccc4C3)sc2C)cc1. The Labute approximate surface area is 157 Å². The van der Waals surface area contributed by atoms with E-state index in [4.69, 9.17) is 4.74 Å². The summed E-state index contributed by atoms with van der Waals surface area (Å²) in [6.07, 6.45) is 0.928. The third kappa shape index (κ3) is 3.13. The molecular weight excluding hydrogens is 342 g/mol. The number of thiophene rings is 1. The second-order valence-corrected chi connectivity index (χ2v) is 7.81. The van der Waals surface area contributed by atoms with Crippen LogP contribution in [0, 0.1) is 6.92 Å². The van der Waals surface area contributed by atoms with E-state index in [1.54, 1.807) is 18.4 Å². The Morgan fingerprint density at radius 3 is 2.54 bits per heavy atom. The van der Waals surface area contributed by atoms with Gasteiger partial charge in [0.25, 0.3) is 5.91 Å². The molecule has 3 nitrogen and oxygen atoms in total. The zero-order valence-electron chi connectivity index (χ0n) is 15.0. The maximum atomic E-state index is 13.0. The number of rotatable bonds is 3. The third-order valence-corrected chi connectivity index (χ3v) is 5.99. The standard InChI is InChI=1S/C22H21NO2S/c1-15-20(17-7-9-19(25-2)10-8-17)13-21(26-15)22(24)23-12-11-16-5-3-4-6-18(16)14-23/h3-10,13H,11-12,14H2,1-2H3. The van der Waals surface area contributed by atoms with E-state index in [1.807, 2.05) is 41.3 Å². The third-order valence-electron chi connectivity index (χ3n) is 4.95. The molecule has 132 valence electrons. The Hall–Kier alpha value is -2.59. The average molecular weight is 363 g/mol. The second kappa shape index (κ2) is 6.96. The number of amides is 1. The fourth-order valence-electron chi connectivity index (χ4n) is 3.47. The first-order valence-electron chi connectivity index (χ1n) is 8.76. The van der Waals surface area contributed by atoms with Crippen molar-refractivity contribution in [2.24, 2.45) is 0 Å². The molecule has 0 aliphatic carbocycles. The summed E-state index contributed by atoms with van der Waals surface area (Å²) in [5.41, 5.74) is 4.86. The fourth-order valence-corrected chi connectivity index (χ4v) is 4.48. The van der Waals surface area contributed by atoms with Crippen molar-refractivity contribution in [2.45, 2.75) is 19.9 Å². The van der Waals surface area contributed by atoms with Crippen LogP contribution in [-0.4, -0.2) is 24.5 Å². The molecule has 1 aliphatic heterocycles. The van der Waals surface area contributed by atoms with Crippen molar-refractivity contribution in [3.05, 3.63) is 75.5 Å². The monoisotopic (exact) mass is 363 g/mol. The largest absolute Gasteiger partial charge is 0.497 e. The lowest BCUT2D eigenvalue weighted by atomic mass is 10.00. The number of ether oxygens (including phenoxy) is 1. The van der Waals surface area contributed by atoms with Gasteiger partial charge in [0.1, 0.15) is 5.75 Å². The van der Waals surface area contributed by atoms with E-state index in [9.17, 15) is 4.79 Å². The highest BCUT2D eigenvalue weighted by Crippen LogP contribution is 2.33. The Balaban J connectivity index is 1.58. The van der Waals surface area contributed by atoms with E-state index in [1.165, 1.54) is 11.1 Å². The predicted molar refractivity (Wildman–Crippen MR) is 106 cm³/mol. The number of aryl methyl sites for hydroxylation is 1. The molecular formula is C22H21NO2S. The molecule has 2 heterocycles. The summed E-state index contributed by atoms with van der Waals surface area (Å²) in [5.74, 6) is 0.970. The summed E-state index contributed by atoms with van der Waals surface area (Å²) in [7, 11) is 1.67. The summed E-state index contributed by atoms with van der Waals surface area (Å²) in [4.78, 5) is 17.0. The molecule has 0 bridgehead atoms. The number of methoxy groups -OCH3 is 1. The number of carbonyl (C=O) groups excluding carboxylic acids is 1. The highest BCUT2D eigenvalue weighted by Gasteiger charge is 2.23. The molecule has 4 heteroatoms. The number of hydrogen-bond donors (Lipinski definition) is 0. The lowest BCUT2D eigenvalue weighted by Crippen LogP contribution is -2.35. The van der Waals surface area contributed by atoms with E-state index in [2.05, 4.69) is 25.1 Å². The van der Waals surface area contributed by atoms with Gasteiger partial charge in [-0.25, -0.2) is 0 Å². The van der Waals surface area contributed by atoms with Gasteiger partial charge < -0.3 is 9.64 Å². The molecule has 0 atom stereocenters. The Kier molecular flexibility index (Phi) is 4.51. The summed E-state index contributed by atoms with van der Waals surface area (Å²) < 4.78 is 5.23. The van der Waals surface area contributed by atoms with Gasteiger partial charge in [0.15, 0.2) is 0 Å². The minimum Gasteiger partial charge on any atom is -0.497 e. The Morgan fingerprint density at radius 2 is 1.81 bits per heavy atom. The summed E-state index contributed by atoms with van der Waals surface area (Å²) in [5, 5.41) is 0. The number of carbonyl (C=O) groups is 1. The first-order chi connectivity index (χ1) is 12.7. The Morgan fingerprint density at radius 1 is 1.08 bits per heavy atom. The van der Waals surface area contributed by atoms with Crippen molar-refractivity contribution in [3.63, 3.8) is 0 Å². The van der Waals surface area contributed by atoms with Gasteiger partial charge in [-0.15, -0.1) is 11.3 Å². The highest BCUT2D eigenvalue weighted by atomic mass is 32.1. The van der Waals surface area contributed by atoms with Crippen LogP contribution in [0.3, 0.4) is 0 Å². The van der Waals surface area contributed by atoms with Crippen LogP contribution in [-0.2, 0) is 13.0 Å². The molecule has 0 unspecified atom stereocenters. The van der Waals surface area contributed by atoms with Gasteiger partial charge in [0.2, 0.25) is 0 Å². The molecule has 1 aromatic heterocycles. The average Bonchev–Trinajstić information content (AvgIpc) is 3.08. The predicted octanol–water partition coefficient (Wildman–Crippen LogP) is 4.93. The maximum Gasteiger partial charge on any atom is 0.264 e. The molecule has 26 heavy (non-hydrogen) atoms. The van der Waals surface area contributed by atoms with Gasteiger partial charge in [-0.1, -0.05) is 36.4 Å². The minimum atomic E-state index is 0.132. The van der Waals surface area contributed by atoms with E-state index in [-0.39, 0.29) is 5.91 Å². The quantitative estimate of drug-likeness (QED) is 0.660. The van der Waals surface area contributed by atoms with Crippen LogP contribution in [0.1, 0.15) is 25.7 Å². The van der Waals surface area contributed by atoms with Crippen molar-refractivity contribution in [2.75, 3.05) is 13.7 Å².